The Hall–Kier alpha value is -2.53. The van der Waals surface area contributed by atoms with E-state index in [1.54, 1.807) is 25.3 Å². The molecule has 0 saturated carbocycles. The number of methoxy groups -OCH3 is 1. The summed E-state index contributed by atoms with van der Waals surface area (Å²) in [6.07, 6.45) is 0. The van der Waals surface area contributed by atoms with Gasteiger partial charge in [0.25, 0.3) is 5.91 Å². The van der Waals surface area contributed by atoms with Crippen LogP contribution in [0.4, 0.5) is 5.69 Å². The van der Waals surface area contributed by atoms with E-state index < -0.39 is 0 Å². The van der Waals surface area contributed by atoms with Gasteiger partial charge in [0.15, 0.2) is 0 Å². The quantitative estimate of drug-likeness (QED) is 0.798. The Morgan fingerprint density at radius 3 is 2.42 bits per heavy atom. The largest absolute Gasteiger partial charge is 0.496 e. The lowest BCUT2D eigenvalue weighted by Gasteiger charge is -2.11. The molecule has 0 radical (unpaired) electrons. The maximum absolute atomic E-state index is 12.4. The molecule has 0 heterocycles. The van der Waals surface area contributed by atoms with E-state index in [1.807, 2.05) is 38.1 Å². The minimum absolute atomic E-state index is 0.181. The van der Waals surface area contributed by atoms with Gasteiger partial charge in [-0.25, -0.2) is 0 Å². The molecular formula is C19H23NO4. The van der Waals surface area contributed by atoms with E-state index in [4.69, 9.17) is 14.2 Å². The summed E-state index contributed by atoms with van der Waals surface area (Å²) in [4.78, 5) is 12.4. The fraction of sp³-hybridized carbons (Fsp3) is 0.316. The minimum Gasteiger partial charge on any atom is -0.496 e. The van der Waals surface area contributed by atoms with E-state index >= 15 is 0 Å². The van der Waals surface area contributed by atoms with E-state index in [0.717, 1.165) is 11.3 Å². The normalized spacial score (nSPS) is 10.3. The Morgan fingerprint density at radius 2 is 1.79 bits per heavy atom. The molecule has 0 aliphatic carbocycles. The second-order valence-electron chi connectivity index (χ2n) is 5.08. The number of ether oxygens (including phenoxy) is 3. The summed E-state index contributed by atoms with van der Waals surface area (Å²) in [7, 11) is 1.60. The lowest BCUT2D eigenvalue weighted by atomic mass is 10.1. The van der Waals surface area contributed by atoms with Gasteiger partial charge in [-0.1, -0.05) is 0 Å². The van der Waals surface area contributed by atoms with Crippen molar-refractivity contribution in [1.82, 2.24) is 0 Å². The fourth-order valence-corrected chi connectivity index (χ4v) is 2.25. The third-order valence-electron chi connectivity index (χ3n) is 3.43. The van der Waals surface area contributed by atoms with Crippen LogP contribution in [0.2, 0.25) is 0 Å². The predicted octanol–water partition coefficient (Wildman–Crippen LogP) is 3.88. The van der Waals surface area contributed by atoms with Gasteiger partial charge < -0.3 is 19.5 Å². The van der Waals surface area contributed by atoms with Gasteiger partial charge in [-0.15, -0.1) is 0 Å². The highest BCUT2D eigenvalue weighted by molar-refractivity contribution is 6.04. The highest BCUT2D eigenvalue weighted by Gasteiger charge is 2.11. The van der Waals surface area contributed by atoms with E-state index in [9.17, 15) is 4.79 Å². The van der Waals surface area contributed by atoms with Gasteiger partial charge in [0.05, 0.1) is 20.3 Å². The molecule has 128 valence electrons. The number of carbonyl (C=O) groups excluding carboxylic acids is 1. The van der Waals surface area contributed by atoms with Crippen molar-refractivity contribution >= 4 is 11.6 Å². The topological polar surface area (TPSA) is 56.8 Å². The number of nitrogens with one attached hydrogen (secondary N) is 1. The van der Waals surface area contributed by atoms with Crippen LogP contribution in [0.15, 0.2) is 42.5 Å². The molecule has 0 bridgehead atoms. The zero-order valence-electron chi connectivity index (χ0n) is 14.3. The van der Waals surface area contributed by atoms with Gasteiger partial charge >= 0.3 is 0 Å². The molecule has 5 nitrogen and oxygen atoms in total. The lowest BCUT2D eigenvalue weighted by Crippen LogP contribution is -2.12. The van der Waals surface area contributed by atoms with Gasteiger partial charge in [-0.05, 0) is 56.3 Å². The Morgan fingerprint density at radius 1 is 1.04 bits per heavy atom. The van der Waals surface area contributed by atoms with Gasteiger partial charge in [0, 0.05) is 23.4 Å². The summed E-state index contributed by atoms with van der Waals surface area (Å²) in [5.74, 6) is 1.31. The Bertz CT molecular complexity index is 668. The molecule has 2 rings (SSSR count). The van der Waals surface area contributed by atoms with Gasteiger partial charge in [0.1, 0.15) is 11.5 Å². The first-order valence-electron chi connectivity index (χ1n) is 7.96. The lowest BCUT2D eigenvalue weighted by molar-refractivity contribution is 0.102. The number of carbonyl (C=O) groups is 1. The van der Waals surface area contributed by atoms with E-state index in [-0.39, 0.29) is 5.91 Å². The number of anilines is 1. The standard InChI is InChI=1S/C19H23NO4/c1-4-23-13-15-12-14(6-11-18(15)22-3)19(21)20-16-7-9-17(10-8-16)24-5-2/h6-12H,4-5,13H2,1-3H3,(H,20,21). The Balaban J connectivity index is 2.10. The molecule has 0 fully saturated rings. The van der Waals surface area contributed by atoms with E-state index in [0.29, 0.717) is 36.8 Å². The van der Waals surface area contributed by atoms with Crippen molar-refractivity contribution in [2.24, 2.45) is 0 Å². The first-order valence-corrected chi connectivity index (χ1v) is 7.96. The number of hydrogen-bond acceptors (Lipinski definition) is 4. The smallest absolute Gasteiger partial charge is 0.255 e. The third kappa shape index (κ3) is 4.73. The molecule has 0 atom stereocenters. The maximum atomic E-state index is 12.4. The van der Waals surface area contributed by atoms with Crippen LogP contribution in [-0.4, -0.2) is 26.2 Å². The molecular weight excluding hydrogens is 306 g/mol. The molecule has 1 N–H and O–H groups in total. The molecule has 0 unspecified atom stereocenters. The first-order chi connectivity index (χ1) is 11.7. The fourth-order valence-electron chi connectivity index (χ4n) is 2.25. The van der Waals surface area contributed by atoms with Crippen molar-refractivity contribution in [3.63, 3.8) is 0 Å². The van der Waals surface area contributed by atoms with Crippen LogP contribution < -0.4 is 14.8 Å². The Labute approximate surface area is 142 Å². The minimum atomic E-state index is -0.181. The molecule has 24 heavy (non-hydrogen) atoms. The van der Waals surface area contributed by atoms with Crippen LogP contribution >= 0.6 is 0 Å². The van der Waals surface area contributed by atoms with Crippen LogP contribution in [0.3, 0.4) is 0 Å². The van der Waals surface area contributed by atoms with Gasteiger partial charge in [0.2, 0.25) is 0 Å². The van der Waals surface area contributed by atoms with Crippen LogP contribution in [0.5, 0.6) is 11.5 Å². The van der Waals surface area contributed by atoms with Crippen molar-refractivity contribution in [1.29, 1.82) is 0 Å². The third-order valence-corrected chi connectivity index (χ3v) is 3.43. The van der Waals surface area contributed by atoms with Gasteiger partial charge in [-0.2, -0.15) is 0 Å². The molecule has 0 aliphatic heterocycles. The zero-order chi connectivity index (χ0) is 17.4. The molecule has 0 saturated heterocycles. The molecule has 2 aromatic rings. The highest BCUT2D eigenvalue weighted by atomic mass is 16.5. The number of amides is 1. The highest BCUT2D eigenvalue weighted by Crippen LogP contribution is 2.22. The van der Waals surface area contributed by atoms with Crippen molar-refractivity contribution in [2.75, 3.05) is 25.6 Å². The van der Waals surface area contributed by atoms with Gasteiger partial charge in [-0.3, -0.25) is 4.79 Å². The van der Waals surface area contributed by atoms with Crippen LogP contribution in [0.1, 0.15) is 29.8 Å². The zero-order valence-corrected chi connectivity index (χ0v) is 14.3. The molecule has 0 aliphatic rings. The number of hydrogen-bond donors (Lipinski definition) is 1. The second kappa shape index (κ2) is 8.93. The summed E-state index contributed by atoms with van der Waals surface area (Å²) < 4.78 is 16.1. The van der Waals surface area contributed by atoms with Crippen LogP contribution in [0, 0.1) is 0 Å². The van der Waals surface area contributed by atoms with E-state index in [1.165, 1.54) is 0 Å². The summed E-state index contributed by atoms with van der Waals surface area (Å²) in [5, 5.41) is 2.87. The van der Waals surface area contributed by atoms with Crippen LogP contribution in [-0.2, 0) is 11.3 Å². The van der Waals surface area contributed by atoms with Crippen molar-refractivity contribution < 1.29 is 19.0 Å². The average molecular weight is 329 g/mol. The molecule has 2 aromatic carbocycles. The van der Waals surface area contributed by atoms with Crippen molar-refractivity contribution in [3.05, 3.63) is 53.6 Å². The van der Waals surface area contributed by atoms with Crippen molar-refractivity contribution in [3.8, 4) is 11.5 Å². The first kappa shape index (κ1) is 17.8. The molecule has 1 amide bonds. The average Bonchev–Trinajstić information content (AvgIpc) is 2.61. The molecule has 0 spiro atoms. The maximum Gasteiger partial charge on any atom is 0.255 e. The summed E-state index contributed by atoms with van der Waals surface area (Å²) in [6.45, 7) is 5.48. The monoisotopic (exact) mass is 329 g/mol. The second-order valence-corrected chi connectivity index (χ2v) is 5.08. The summed E-state index contributed by atoms with van der Waals surface area (Å²) in [5.41, 5.74) is 2.11. The SMILES string of the molecule is CCOCc1cc(C(=O)Nc2ccc(OCC)cc2)ccc1OC. The number of rotatable bonds is 8. The molecule has 5 heteroatoms. The van der Waals surface area contributed by atoms with Crippen LogP contribution in [0.25, 0.3) is 0 Å². The van der Waals surface area contributed by atoms with E-state index in [2.05, 4.69) is 5.32 Å². The summed E-state index contributed by atoms with van der Waals surface area (Å²) >= 11 is 0. The number of benzene rings is 2. The van der Waals surface area contributed by atoms with Crippen molar-refractivity contribution in [2.45, 2.75) is 20.5 Å². The molecule has 0 aromatic heterocycles. The Kier molecular flexibility index (Phi) is 6.63. The summed E-state index contributed by atoms with van der Waals surface area (Å²) in [6, 6.07) is 12.6. The predicted molar refractivity (Wildman–Crippen MR) is 93.9 cm³/mol.